The van der Waals surface area contributed by atoms with E-state index in [9.17, 15) is 5.11 Å². The summed E-state index contributed by atoms with van der Waals surface area (Å²) in [4.78, 5) is 9.28. The second-order valence-electron chi connectivity index (χ2n) is 6.49. The molecule has 0 amide bonds. The first kappa shape index (κ1) is 20.6. The number of rotatable bonds is 12. The van der Waals surface area contributed by atoms with Crippen LogP contribution in [0.25, 0.3) is 10.9 Å². The summed E-state index contributed by atoms with van der Waals surface area (Å²) in [6.45, 7) is 19.8. The number of phenols is 1. The van der Waals surface area contributed by atoms with Crippen LogP contribution in [0.3, 0.4) is 0 Å². The van der Waals surface area contributed by atoms with Crippen molar-refractivity contribution in [2.24, 2.45) is 0 Å². The molecule has 2 aromatic rings. The van der Waals surface area contributed by atoms with Gasteiger partial charge in [-0.1, -0.05) is 36.4 Å². The summed E-state index contributed by atoms with van der Waals surface area (Å²) in [5.74, 6) is 0.202. The van der Waals surface area contributed by atoms with Gasteiger partial charge in [-0.05, 0) is 17.7 Å². The molecule has 1 heterocycles. The fourth-order valence-corrected chi connectivity index (χ4v) is 3.13. The molecule has 4 heteroatoms. The average Bonchev–Trinajstić information content (AvgIpc) is 2.64. The van der Waals surface area contributed by atoms with Crippen molar-refractivity contribution >= 4 is 10.9 Å². The maximum absolute atomic E-state index is 10.2. The van der Waals surface area contributed by atoms with Crippen LogP contribution >= 0.6 is 0 Å². The normalized spacial score (nSPS) is 11.0. The minimum atomic E-state index is 0.202. The predicted octanol–water partition coefficient (Wildman–Crippen LogP) is 4.29. The van der Waals surface area contributed by atoms with Gasteiger partial charge in [-0.3, -0.25) is 9.80 Å². The Morgan fingerprint density at radius 3 is 1.96 bits per heavy atom. The molecule has 27 heavy (non-hydrogen) atoms. The number of pyridine rings is 1. The summed E-state index contributed by atoms with van der Waals surface area (Å²) in [5, 5.41) is 11.2. The van der Waals surface area contributed by atoms with Gasteiger partial charge in [0.25, 0.3) is 0 Å². The molecule has 0 radical (unpaired) electrons. The van der Waals surface area contributed by atoms with Crippen LogP contribution in [0.1, 0.15) is 11.3 Å². The highest BCUT2D eigenvalue weighted by atomic mass is 16.3. The predicted molar refractivity (Wildman–Crippen MR) is 115 cm³/mol. The molecule has 0 fully saturated rings. The summed E-state index contributed by atoms with van der Waals surface area (Å²) in [6.07, 6.45) is 7.54. The quantitative estimate of drug-likeness (QED) is 0.571. The first-order chi connectivity index (χ1) is 13.1. The second kappa shape index (κ2) is 10.5. The maximum atomic E-state index is 10.2. The average molecular weight is 364 g/mol. The summed E-state index contributed by atoms with van der Waals surface area (Å²) >= 11 is 0. The zero-order chi connectivity index (χ0) is 19.6. The molecule has 1 aromatic heterocycles. The van der Waals surface area contributed by atoms with Crippen LogP contribution in [-0.4, -0.2) is 46.1 Å². The van der Waals surface area contributed by atoms with Gasteiger partial charge in [-0.15, -0.1) is 26.3 Å². The van der Waals surface area contributed by atoms with Crippen LogP contribution in [0.4, 0.5) is 0 Å². The molecule has 0 aliphatic heterocycles. The van der Waals surface area contributed by atoms with E-state index in [1.165, 1.54) is 0 Å². The van der Waals surface area contributed by atoms with Gasteiger partial charge in [0.1, 0.15) is 11.3 Å². The second-order valence-corrected chi connectivity index (χ2v) is 6.49. The van der Waals surface area contributed by atoms with Crippen LogP contribution in [0, 0.1) is 0 Å². The molecular weight excluding hydrogens is 334 g/mol. The molecule has 1 N–H and O–H groups in total. The standard InChI is InChI=1S/C23H29N3O/c1-5-12-25(13-6-2)17-20-16-19-10-9-11-22(27)23(19)24-21(20)18-26(14-7-3)15-8-4/h5-11,16,27H,1-4,12-15,17-18H2. The Kier molecular flexibility index (Phi) is 7.99. The maximum Gasteiger partial charge on any atom is 0.141 e. The van der Waals surface area contributed by atoms with Gasteiger partial charge in [0.2, 0.25) is 0 Å². The first-order valence-corrected chi connectivity index (χ1v) is 9.11. The minimum absolute atomic E-state index is 0.202. The van der Waals surface area contributed by atoms with Crippen molar-refractivity contribution in [2.75, 3.05) is 26.2 Å². The highest BCUT2D eigenvalue weighted by molar-refractivity contribution is 5.85. The molecule has 0 spiro atoms. The molecule has 1 aromatic carbocycles. The molecule has 0 atom stereocenters. The largest absolute Gasteiger partial charge is 0.506 e. The van der Waals surface area contributed by atoms with E-state index in [1.54, 1.807) is 6.07 Å². The third-order valence-corrected chi connectivity index (χ3v) is 4.31. The van der Waals surface area contributed by atoms with Gasteiger partial charge >= 0.3 is 0 Å². The molecule has 0 saturated carbocycles. The Morgan fingerprint density at radius 2 is 1.41 bits per heavy atom. The molecule has 0 saturated heterocycles. The Morgan fingerprint density at radius 1 is 0.852 bits per heavy atom. The molecular formula is C23H29N3O. The smallest absolute Gasteiger partial charge is 0.141 e. The fourth-order valence-electron chi connectivity index (χ4n) is 3.13. The van der Waals surface area contributed by atoms with Crippen molar-refractivity contribution in [3.8, 4) is 5.75 Å². The molecule has 0 aliphatic rings. The highest BCUT2D eigenvalue weighted by Gasteiger charge is 2.14. The van der Waals surface area contributed by atoms with Crippen molar-refractivity contribution in [2.45, 2.75) is 13.1 Å². The molecule has 142 valence electrons. The molecule has 0 bridgehead atoms. The van der Waals surface area contributed by atoms with Gasteiger partial charge in [0.15, 0.2) is 0 Å². The van der Waals surface area contributed by atoms with E-state index in [-0.39, 0.29) is 5.75 Å². The first-order valence-electron chi connectivity index (χ1n) is 9.11. The number of phenolic OH excluding ortho intramolecular Hbond substituents is 1. The van der Waals surface area contributed by atoms with Crippen molar-refractivity contribution < 1.29 is 5.11 Å². The lowest BCUT2D eigenvalue weighted by atomic mass is 10.1. The van der Waals surface area contributed by atoms with Crippen LogP contribution in [0.2, 0.25) is 0 Å². The Bertz CT molecular complexity index is 793. The van der Waals surface area contributed by atoms with Gasteiger partial charge in [0.05, 0.1) is 5.69 Å². The molecule has 4 nitrogen and oxygen atoms in total. The zero-order valence-electron chi connectivity index (χ0n) is 16.0. The number of fused-ring (bicyclic) bond motifs is 1. The van der Waals surface area contributed by atoms with Crippen LogP contribution in [-0.2, 0) is 13.1 Å². The van der Waals surface area contributed by atoms with E-state index in [2.05, 4.69) is 42.2 Å². The Hall–Kier alpha value is -2.69. The summed E-state index contributed by atoms with van der Waals surface area (Å²) < 4.78 is 0. The molecule has 0 unspecified atom stereocenters. The zero-order valence-corrected chi connectivity index (χ0v) is 16.0. The van der Waals surface area contributed by atoms with Crippen molar-refractivity contribution in [3.05, 3.63) is 86.1 Å². The highest BCUT2D eigenvalue weighted by Crippen LogP contribution is 2.26. The van der Waals surface area contributed by atoms with Crippen LogP contribution < -0.4 is 0 Å². The molecule has 0 aliphatic carbocycles. The van der Waals surface area contributed by atoms with E-state index >= 15 is 0 Å². The van der Waals surface area contributed by atoms with E-state index < -0.39 is 0 Å². The van der Waals surface area contributed by atoms with Gasteiger partial charge in [-0.2, -0.15) is 0 Å². The van der Waals surface area contributed by atoms with E-state index in [0.29, 0.717) is 12.1 Å². The van der Waals surface area contributed by atoms with Gasteiger partial charge < -0.3 is 5.11 Å². The number of aromatic hydroxyl groups is 1. The minimum Gasteiger partial charge on any atom is -0.506 e. The van der Waals surface area contributed by atoms with Crippen molar-refractivity contribution in [1.29, 1.82) is 0 Å². The third kappa shape index (κ3) is 5.64. The lowest BCUT2D eigenvalue weighted by Crippen LogP contribution is -2.27. The van der Waals surface area contributed by atoms with Crippen LogP contribution in [0.15, 0.2) is 74.9 Å². The summed E-state index contributed by atoms with van der Waals surface area (Å²) in [5.41, 5.74) is 2.72. The SMILES string of the molecule is C=CCN(CC=C)Cc1cc2cccc(O)c2nc1CN(CC=C)CC=C. The number of para-hydroxylation sites is 1. The Labute approximate surface area is 162 Å². The third-order valence-electron chi connectivity index (χ3n) is 4.31. The van der Waals surface area contributed by atoms with Gasteiger partial charge in [0, 0.05) is 44.7 Å². The number of hydrogen-bond donors (Lipinski definition) is 1. The van der Waals surface area contributed by atoms with Crippen molar-refractivity contribution in [1.82, 2.24) is 14.8 Å². The topological polar surface area (TPSA) is 39.6 Å². The number of aromatic nitrogens is 1. The fraction of sp³-hybridized carbons (Fsp3) is 0.261. The van der Waals surface area contributed by atoms with E-state index in [4.69, 9.17) is 4.98 Å². The monoisotopic (exact) mass is 363 g/mol. The van der Waals surface area contributed by atoms with E-state index in [0.717, 1.165) is 49.4 Å². The van der Waals surface area contributed by atoms with Gasteiger partial charge in [-0.25, -0.2) is 4.98 Å². The summed E-state index contributed by atoms with van der Waals surface area (Å²) in [7, 11) is 0. The molecule has 2 rings (SSSR count). The van der Waals surface area contributed by atoms with Crippen molar-refractivity contribution in [3.63, 3.8) is 0 Å². The van der Waals surface area contributed by atoms with Crippen LogP contribution in [0.5, 0.6) is 5.75 Å². The lowest BCUT2D eigenvalue weighted by molar-refractivity contribution is 0.307. The number of benzene rings is 1. The number of nitrogens with zero attached hydrogens (tertiary/aromatic N) is 3. The number of hydrogen-bond acceptors (Lipinski definition) is 4. The lowest BCUT2D eigenvalue weighted by Gasteiger charge is -2.24. The Balaban J connectivity index is 2.46. The van der Waals surface area contributed by atoms with E-state index in [1.807, 2.05) is 36.4 Å². The summed E-state index contributed by atoms with van der Waals surface area (Å²) in [6, 6.07) is 7.62.